The fraction of sp³-hybridized carbons (Fsp3) is 0.333. The molecule has 0 amide bonds. The van der Waals surface area contributed by atoms with Gasteiger partial charge in [0.25, 0.3) is 0 Å². The van der Waals surface area contributed by atoms with Gasteiger partial charge in [0, 0.05) is 5.56 Å². The van der Waals surface area contributed by atoms with Crippen molar-refractivity contribution < 1.29 is 24.4 Å². The third-order valence-electron chi connectivity index (χ3n) is 4.19. The molecule has 1 aliphatic heterocycles. The molecule has 1 aliphatic rings. The molecule has 0 bridgehead atoms. The monoisotopic (exact) mass is 316 g/mol. The highest BCUT2D eigenvalue weighted by atomic mass is 16.5. The standard InChI is InChI=1S/C18H20O5/c1-10-6-12-13(9-19)17(23-18(12)16(7-10)22-3)11-4-5-14(20)15(8-11)21-2/h4-8,13,17,19-20H,9H2,1-3H3. The van der Waals surface area contributed by atoms with Crippen molar-refractivity contribution in [3.05, 3.63) is 47.0 Å². The summed E-state index contributed by atoms with van der Waals surface area (Å²) in [5.41, 5.74) is 2.81. The number of phenolic OH excluding ortho intramolecular Hbond substituents is 1. The van der Waals surface area contributed by atoms with Crippen molar-refractivity contribution in [1.29, 1.82) is 0 Å². The minimum atomic E-state index is -0.361. The fourth-order valence-corrected chi connectivity index (χ4v) is 3.06. The average molecular weight is 316 g/mol. The minimum absolute atomic E-state index is 0.0481. The second-order valence-corrected chi connectivity index (χ2v) is 5.64. The Morgan fingerprint density at radius 3 is 2.48 bits per heavy atom. The lowest BCUT2D eigenvalue weighted by Crippen LogP contribution is -2.13. The molecular formula is C18H20O5. The Bertz CT molecular complexity index is 726. The highest BCUT2D eigenvalue weighted by Crippen LogP contribution is 2.51. The first kappa shape index (κ1) is 15.5. The molecule has 0 aliphatic carbocycles. The van der Waals surface area contributed by atoms with Gasteiger partial charge in [0.2, 0.25) is 0 Å². The summed E-state index contributed by atoms with van der Waals surface area (Å²) in [6.45, 7) is 1.93. The number of ether oxygens (including phenoxy) is 3. The van der Waals surface area contributed by atoms with Gasteiger partial charge in [-0.15, -0.1) is 0 Å². The Balaban J connectivity index is 2.06. The van der Waals surface area contributed by atoms with E-state index >= 15 is 0 Å². The van der Waals surface area contributed by atoms with Crippen LogP contribution in [0, 0.1) is 6.92 Å². The second kappa shape index (κ2) is 6.01. The zero-order chi connectivity index (χ0) is 16.6. The summed E-state index contributed by atoms with van der Waals surface area (Å²) < 4.78 is 16.7. The van der Waals surface area contributed by atoms with E-state index in [2.05, 4.69) is 0 Å². The van der Waals surface area contributed by atoms with E-state index in [0.717, 1.165) is 16.7 Å². The number of fused-ring (bicyclic) bond motifs is 1. The predicted octanol–water partition coefficient (Wildman–Crippen LogP) is 2.93. The zero-order valence-electron chi connectivity index (χ0n) is 13.4. The summed E-state index contributed by atoms with van der Waals surface area (Å²) >= 11 is 0. The quantitative estimate of drug-likeness (QED) is 0.908. The van der Waals surface area contributed by atoms with E-state index in [1.807, 2.05) is 19.1 Å². The van der Waals surface area contributed by atoms with E-state index in [1.54, 1.807) is 25.3 Å². The maximum atomic E-state index is 9.88. The minimum Gasteiger partial charge on any atom is -0.504 e. The molecule has 23 heavy (non-hydrogen) atoms. The lowest BCUT2D eigenvalue weighted by atomic mass is 9.90. The van der Waals surface area contributed by atoms with Gasteiger partial charge in [-0.3, -0.25) is 0 Å². The molecule has 0 aromatic heterocycles. The van der Waals surface area contributed by atoms with Gasteiger partial charge < -0.3 is 24.4 Å². The Morgan fingerprint density at radius 2 is 1.83 bits per heavy atom. The number of phenols is 1. The highest BCUT2D eigenvalue weighted by Gasteiger charge is 2.37. The van der Waals surface area contributed by atoms with E-state index in [0.29, 0.717) is 17.2 Å². The van der Waals surface area contributed by atoms with Crippen molar-refractivity contribution in [1.82, 2.24) is 0 Å². The molecule has 2 N–H and O–H groups in total. The lowest BCUT2D eigenvalue weighted by molar-refractivity contribution is 0.157. The van der Waals surface area contributed by atoms with Crippen molar-refractivity contribution in [2.24, 2.45) is 0 Å². The SMILES string of the molecule is COc1cc(C2Oc3c(OC)cc(C)cc3C2CO)ccc1O. The fourth-order valence-electron chi connectivity index (χ4n) is 3.06. The van der Waals surface area contributed by atoms with Gasteiger partial charge in [0.05, 0.1) is 26.7 Å². The van der Waals surface area contributed by atoms with Crippen LogP contribution in [0.1, 0.15) is 28.7 Å². The van der Waals surface area contributed by atoms with E-state index in [-0.39, 0.29) is 24.4 Å². The normalized spacial score (nSPS) is 19.1. The third kappa shape index (κ3) is 2.57. The van der Waals surface area contributed by atoms with Crippen molar-refractivity contribution >= 4 is 0 Å². The molecule has 2 unspecified atom stereocenters. The molecule has 0 saturated heterocycles. The largest absolute Gasteiger partial charge is 0.504 e. The molecular weight excluding hydrogens is 296 g/mol. The molecule has 2 aromatic rings. The molecule has 0 fully saturated rings. The van der Waals surface area contributed by atoms with Gasteiger partial charge in [-0.1, -0.05) is 12.1 Å². The molecule has 0 spiro atoms. The van der Waals surface area contributed by atoms with Crippen LogP contribution < -0.4 is 14.2 Å². The number of benzene rings is 2. The van der Waals surface area contributed by atoms with Crippen molar-refractivity contribution in [3.63, 3.8) is 0 Å². The van der Waals surface area contributed by atoms with Gasteiger partial charge in [-0.25, -0.2) is 0 Å². The molecule has 2 atom stereocenters. The van der Waals surface area contributed by atoms with Crippen molar-refractivity contribution in [2.75, 3.05) is 20.8 Å². The summed E-state index contributed by atoms with van der Waals surface area (Å²) in [6.07, 6.45) is -0.361. The second-order valence-electron chi connectivity index (χ2n) is 5.64. The van der Waals surface area contributed by atoms with Crippen LogP contribution in [0.5, 0.6) is 23.0 Å². The van der Waals surface area contributed by atoms with Gasteiger partial charge >= 0.3 is 0 Å². The first-order valence-corrected chi connectivity index (χ1v) is 7.42. The van der Waals surface area contributed by atoms with E-state index in [9.17, 15) is 10.2 Å². The van der Waals surface area contributed by atoms with Gasteiger partial charge in [0.1, 0.15) is 6.10 Å². The van der Waals surface area contributed by atoms with Crippen LogP contribution >= 0.6 is 0 Å². The van der Waals surface area contributed by atoms with E-state index in [1.165, 1.54) is 7.11 Å². The summed E-state index contributed by atoms with van der Waals surface area (Å²) in [5, 5.41) is 19.6. The Kier molecular flexibility index (Phi) is 4.05. The number of aryl methyl sites for hydroxylation is 1. The maximum absolute atomic E-state index is 9.88. The number of methoxy groups -OCH3 is 2. The van der Waals surface area contributed by atoms with Crippen LogP contribution in [0.15, 0.2) is 30.3 Å². The van der Waals surface area contributed by atoms with E-state index < -0.39 is 0 Å². The maximum Gasteiger partial charge on any atom is 0.165 e. The average Bonchev–Trinajstić information content (AvgIpc) is 2.92. The zero-order valence-corrected chi connectivity index (χ0v) is 13.4. The Labute approximate surface area is 135 Å². The van der Waals surface area contributed by atoms with Gasteiger partial charge in [-0.2, -0.15) is 0 Å². The first-order chi connectivity index (χ1) is 11.1. The molecule has 3 rings (SSSR count). The van der Waals surface area contributed by atoms with Crippen molar-refractivity contribution in [2.45, 2.75) is 18.9 Å². The summed E-state index contributed by atoms with van der Waals surface area (Å²) in [5.74, 6) is 1.57. The molecule has 2 aromatic carbocycles. The van der Waals surface area contributed by atoms with Gasteiger partial charge in [0.15, 0.2) is 23.0 Å². The molecule has 5 heteroatoms. The van der Waals surface area contributed by atoms with Crippen LogP contribution in [0.2, 0.25) is 0 Å². The molecule has 0 saturated carbocycles. The van der Waals surface area contributed by atoms with E-state index in [4.69, 9.17) is 14.2 Å². The first-order valence-electron chi connectivity index (χ1n) is 7.42. The smallest absolute Gasteiger partial charge is 0.165 e. The van der Waals surface area contributed by atoms with Crippen LogP contribution in [-0.4, -0.2) is 31.0 Å². The number of aliphatic hydroxyl groups excluding tert-OH is 1. The van der Waals surface area contributed by atoms with Gasteiger partial charge in [-0.05, 0) is 36.2 Å². The highest BCUT2D eigenvalue weighted by molar-refractivity contribution is 5.55. The Morgan fingerprint density at radius 1 is 1.09 bits per heavy atom. The van der Waals surface area contributed by atoms with Crippen LogP contribution in [-0.2, 0) is 0 Å². The van der Waals surface area contributed by atoms with Crippen molar-refractivity contribution in [3.8, 4) is 23.0 Å². The number of hydrogen-bond donors (Lipinski definition) is 2. The van der Waals surface area contributed by atoms with Crippen LogP contribution in [0.3, 0.4) is 0 Å². The molecule has 1 heterocycles. The number of aromatic hydroxyl groups is 1. The third-order valence-corrected chi connectivity index (χ3v) is 4.19. The molecule has 122 valence electrons. The predicted molar refractivity (Wildman–Crippen MR) is 85.6 cm³/mol. The summed E-state index contributed by atoms with van der Waals surface area (Å²) in [4.78, 5) is 0. The number of rotatable bonds is 4. The summed E-state index contributed by atoms with van der Waals surface area (Å²) in [7, 11) is 3.10. The number of hydrogen-bond acceptors (Lipinski definition) is 5. The van der Waals surface area contributed by atoms with Crippen LogP contribution in [0.4, 0.5) is 0 Å². The lowest BCUT2D eigenvalue weighted by Gasteiger charge is -2.18. The topological polar surface area (TPSA) is 68.2 Å². The number of aliphatic hydroxyl groups is 1. The Hall–Kier alpha value is -2.40. The molecule has 0 radical (unpaired) electrons. The van der Waals surface area contributed by atoms with Crippen LogP contribution in [0.25, 0.3) is 0 Å². The summed E-state index contributed by atoms with van der Waals surface area (Å²) in [6, 6.07) is 8.99. The molecule has 5 nitrogen and oxygen atoms in total.